The van der Waals surface area contributed by atoms with Crippen LogP contribution in [0.5, 0.6) is 0 Å². The lowest BCUT2D eigenvalue weighted by molar-refractivity contribution is 0.495. The number of nitrogens with one attached hydrogen (secondary N) is 1. The van der Waals surface area contributed by atoms with Gasteiger partial charge in [0.1, 0.15) is 0 Å². The van der Waals surface area contributed by atoms with Gasteiger partial charge in [0.25, 0.3) is 0 Å². The summed E-state index contributed by atoms with van der Waals surface area (Å²) in [6.07, 6.45) is 5.74. The van der Waals surface area contributed by atoms with Crippen molar-refractivity contribution in [3.8, 4) is 0 Å². The maximum atomic E-state index is 4.18. The Labute approximate surface area is 60.6 Å². The molecule has 54 valence electrons. The minimum absolute atomic E-state index is 0.829. The molecule has 1 heterocycles. The number of aryl methyl sites for hydroxylation is 1. The van der Waals surface area contributed by atoms with E-state index in [0.29, 0.717) is 0 Å². The van der Waals surface area contributed by atoms with Crippen molar-refractivity contribution in [2.45, 2.75) is 26.2 Å². The lowest BCUT2D eigenvalue weighted by atomic mass is 9.90. The molecule has 2 nitrogen and oxygen atoms in total. The molecule has 0 saturated heterocycles. The lowest BCUT2D eigenvalue weighted by Gasteiger charge is -2.15. The predicted octanol–water partition coefficient (Wildman–Crippen LogP) is 1.53. The molecule has 0 amide bonds. The summed E-state index contributed by atoms with van der Waals surface area (Å²) in [4.78, 5) is 0. The molecular weight excluding hydrogens is 124 g/mol. The highest BCUT2D eigenvalue weighted by atomic mass is 15.1. The highest BCUT2D eigenvalue weighted by Crippen LogP contribution is 2.22. The largest absolute Gasteiger partial charge is 0.285 e. The van der Waals surface area contributed by atoms with E-state index in [4.69, 9.17) is 0 Å². The summed E-state index contributed by atoms with van der Waals surface area (Å²) >= 11 is 0. The molecule has 0 aromatic carbocycles. The molecule has 0 bridgehead atoms. The van der Waals surface area contributed by atoms with E-state index in [9.17, 15) is 0 Å². The number of hydrogen-bond acceptors (Lipinski definition) is 1. The van der Waals surface area contributed by atoms with Gasteiger partial charge in [-0.25, -0.2) is 0 Å². The van der Waals surface area contributed by atoms with Crippen LogP contribution in [0.1, 0.15) is 24.6 Å². The molecule has 0 radical (unpaired) electrons. The van der Waals surface area contributed by atoms with Crippen molar-refractivity contribution in [2.24, 2.45) is 5.92 Å². The van der Waals surface area contributed by atoms with E-state index in [1.807, 2.05) is 6.20 Å². The Morgan fingerprint density at radius 1 is 1.70 bits per heavy atom. The average Bonchev–Trinajstić information content (AvgIpc) is 2.33. The first kappa shape index (κ1) is 5.96. The Bertz CT molecular complexity index is 227. The summed E-state index contributed by atoms with van der Waals surface area (Å²) in [6.45, 7) is 2.29. The fraction of sp³-hybridized carbons (Fsp3) is 0.625. The Hall–Kier alpha value is -0.790. The third kappa shape index (κ3) is 0.838. The number of rotatable bonds is 0. The molecule has 0 fully saturated rings. The summed E-state index contributed by atoms with van der Waals surface area (Å²) in [5, 5.41) is 7.09. The second kappa shape index (κ2) is 2.11. The predicted molar refractivity (Wildman–Crippen MR) is 39.8 cm³/mol. The fourth-order valence-corrected chi connectivity index (χ4v) is 1.57. The molecule has 0 spiro atoms. The lowest BCUT2D eigenvalue weighted by Crippen LogP contribution is -2.09. The Balaban J connectivity index is 2.30. The number of fused-ring (bicyclic) bond motifs is 1. The van der Waals surface area contributed by atoms with E-state index in [0.717, 1.165) is 5.92 Å². The highest BCUT2D eigenvalue weighted by Gasteiger charge is 2.16. The van der Waals surface area contributed by atoms with Crippen molar-refractivity contribution in [1.29, 1.82) is 0 Å². The van der Waals surface area contributed by atoms with Crippen LogP contribution in [-0.2, 0) is 12.8 Å². The van der Waals surface area contributed by atoms with Crippen LogP contribution in [0, 0.1) is 5.92 Å². The van der Waals surface area contributed by atoms with Crippen LogP contribution < -0.4 is 0 Å². The van der Waals surface area contributed by atoms with Gasteiger partial charge in [0.2, 0.25) is 0 Å². The molecule has 1 aliphatic carbocycles. The summed E-state index contributed by atoms with van der Waals surface area (Å²) in [5.41, 5.74) is 2.72. The van der Waals surface area contributed by atoms with Gasteiger partial charge in [-0.1, -0.05) is 6.92 Å². The van der Waals surface area contributed by atoms with Gasteiger partial charge in [-0.15, -0.1) is 0 Å². The number of nitrogens with zero attached hydrogens (tertiary/aromatic N) is 1. The van der Waals surface area contributed by atoms with Crippen LogP contribution in [0.4, 0.5) is 0 Å². The van der Waals surface area contributed by atoms with E-state index >= 15 is 0 Å². The molecular formula is C8H12N2. The Morgan fingerprint density at radius 3 is 3.50 bits per heavy atom. The topological polar surface area (TPSA) is 28.7 Å². The van der Waals surface area contributed by atoms with Crippen LogP contribution in [-0.4, -0.2) is 10.2 Å². The smallest absolute Gasteiger partial charge is 0.0656 e. The second-order valence-corrected chi connectivity index (χ2v) is 3.21. The minimum atomic E-state index is 0.829. The molecule has 1 N–H and O–H groups in total. The molecule has 10 heavy (non-hydrogen) atoms. The molecule has 1 aromatic heterocycles. The fourth-order valence-electron chi connectivity index (χ4n) is 1.57. The van der Waals surface area contributed by atoms with Crippen molar-refractivity contribution in [2.75, 3.05) is 0 Å². The Kier molecular flexibility index (Phi) is 1.26. The normalized spacial score (nSPS) is 24.3. The van der Waals surface area contributed by atoms with Crippen molar-refractivity contribution in [3.05, 3.63) is 17.5 Å². The molecule has 1 aromatic rings. The molecule has 1 unspecified atom stereocenters. The van der Waals surface area contributed by atoms with Crippen molar-refractivity contribution in [3.63, 3.8) is 0 Å². The van der Waals surface area contributed by atoms with E-state index in [2.05, 4.69) is 17.1 Å². The average molecular weight is 136 g/mol. The maximum Gasteiger partial charge on any atom is 0.0656 e. The van der Waals surface area contributed by atoms with E-state index in [1.165, 1.54) is 30.5 Å². The van der Waals surface area contributed by atoms with E-state index in [1.54, 1.807) is 0 Å². The van der Waals surface area contributed by atoms with Crippen molar-refractivity contribution >= 4 is 0 Å². The number of H-pyrrole nitrogens is 1. The van der Waals surface area contributed by atoms with Gasteiger partial charge < -0.3 is 0 Å². The number of aromatic nitrogens is 2. The molecule has 2 heteroatoms. The van der Waals surface area contributed by atoms with E-state index in [-0.39, 0.29) is 0 Å². The van der Waals surface area contributed by atoms with E-state index < -0.39 is 0 Å². The van der Waals surface area contributed by atoms with Crippen LogP contribution in [0.2, 0.25) is 0 Å². The standard InChI is InChI=1S/C8H12N2/c1-6-2-3-7-5-9-10-8(7)4-6/h5-6H,2-4H2,1H3,(H,9,10). The molecule has 2 rings (SSSR count). The quantitative estimate of drug-likeness (QED) is 0.575. The van der Waals surface area contributed by atoms with Crippen LogP contribution >= 0.6 is 0 Å². The zero-order chi connectivity index (χ0) is 6.97. The first-order valence-electron chi connectivity index (χ1n) is 3.88. The van der Waals surface area contributed by atoms with Gasteiger partial charge in [-0.2, -0.15) is 5.10 Å². The van der Waals surface area contributed by atoms with Gasteiger partial charge >= 0.3 is 0 Å². The van der Waals surface area contributed by atoms with Crippen LogP contribution in [0.15, 0.2) is 6.20 Å². The third-order valence-electron chi connectivity index (χ3n) is 2.26. The summed E-state index contributed by atoms with van der Waals surface area (Å²) in [5.74, 6) is 0.829. The van der Waals surface area contributed by atoms with Gasteiger partial charge in [-0.05, 0) is 30.7 Å². The molecule has 1 atom stereocenters. The third-order valence-corrected chi connectivity index (χ3v) is 2.26. The summed E-state index contributed by atoms with van der Waals surface area (Å²) in [6, 6.07) is 0. The monoisotopic (exact) mass is 136 g/mol. The van der Waals surface area contributed by atoms with Gasteiger partial charge in [-0.3, -0.25) is 5.10 Å². The zero-order valence-electron chi connectivity index (χ0n) is 6.22. The van der Waals surface area contributed by atoms with Gasteiger partial charge in [0.15, 0.2) is 0 Å². The first-order chi connectivity index (χ1) is 4.86. The Morgan fingerprint density at radius 2 is 2.60 bits per heavy atom. The molecule has 0 saturated carbocycles. The zero-order valence-corrected chi connectivity index (χ0v) is 6.22. The van der Waals surface area contributed by atoms with Crippen molar-refractivity contribution in [1.82, 2.24) is 10.2 Å². The van der Waals surface area contributed by atoms with Crippen LogP contribution in [0.25, 0.3) is 0 Å². The van der Waals surface area contributed by atoms with Gasteiger partial charge in [0, 0.05) is 6.20 Å². The van der Waals surface area contributed by atoms with Crippen LogP contribution in [0.3, 0.4) is 0 Å². The summed E-state index contributed by atoms with van der Waals surface area (Å²) in [7, 11) is 0. The number of aromatic amines is 1. The molecule has 1 aliphatic rings. The minimum Gasteiger partial charge on any atom is -0.285 e. The summed E-state index contributed by atoms with van der Waals surface area (Å²) < 4.78 is 0. The maximum absolute atomic E-state index is 4.18. The second-order valence-electron chi connectivity index (χ2n) is 3.21. The first-order valence-corrected chi connectivity index (χ1v) is 3.88. The van der Waals surface area contributed by atoms with Crippen molar-refractivity contribution < 1.29 is 0 Å². The highest BCUT2D eigenvalue weighted by molar-refractivity contribution is 5.19. The van der Waals surface area contributed by atoms with Gasteiger partial charge in [0.05, 0.1) is 5.69 Å². The number of hydrogen-bond donors (Lipinski definition) is 1. The SMILES string of the molecule is CC1CCc2c[nH]nc2C1. The molecule has 0 aliphatic heterocycles.